The monoisotopic (exact) mass is 414 g/mol. The SMILES string of the molecule is CCCN(C(=O)CC)c1ccc(-c2ccc(C(=O)CCc3ccc(C)nc3)cc2)cc1. The second-order valence-corrected chi connectivity index (χ2v) is 7.75. The van der Waals surface area contributed by atoms with Crippen LogP contribution in [0.3, 0.4) is 0 Å². The number of aromatic nitrogens is 1. The largest absolute Gasteiger partial charge is 0.312 e. The highest BCUT2D eigenvalue weighted by Crippen LogP contribution is 2.24. The summed E-state index contributed by atoms with van der Waals surface area (Å²) in [5, 5.41) is 0. The van der Waals surface area contributed by atoms with Gasteiger partial charge in [0.2, 0.25) is 5.91 Å². The van der Waals surface area contributed by atoms with Gasteiger partial charge < -0.3 is 4.90 Å². The summed E-state index contributed by atoms with van der Waals surface area (Å²) in [6.45, 7) is 6.64. The van der Waals surface area contributed by atoms with Gasteiger partial charge in [0.05, 0.1) is 0 Å². The van der Waals surface area contributed by atoms with Crippen LogP contribution in [0.1, 0.15) is 54.7 Å². The fraction of sp³-hybridized carbons (Fsp3) is 0.296. The molecule has 0 aliphatic heterocycles. The van der Waals surface area contributed by atoms with Crippen molar-refractivity contribution in [3.63, 3.8) is 0 Å². The molecule has 4 nitrogen and oxygen atoms in total. The number of pyridine rings is 1. The van der Waals surface area contributed by atoms with Gasteiger partial charge >= 0.3 is 0 Å². The Balaban J connectivity index is 1.65. The van der Waals surface area contributed by atoms with Crippen LogP contribution in [0, 0.1) is 6.92 Å². The van der Waals surface area contributed by atoms with Crippen LogP contribution in [-0.4, -0.2) is 23.2 Å². The van der Waals surface area contributed by atoms with E-state index >= 15 is 0 Å². The molecule has 0 atom stereocenters. The van der Waals surface area contributed by atoms with Crippen LogP contribution in [0.2, 0.25) is 0 Å². The normalized spacial score (nSPS) is 10.7. The molecule has 4 heteroatoms. The first-order chi connectivity index (χ1) is 15.0. The van der Waals surface area contributed by atoms with E-state index in [0.717, 1.165) is 46.6 Å². The van der Waals surface area contributed by atoms with E-state index in [4.69, 9.17) is 0 Å². The predicted molar refractivity (Wildman–Crippen MR) is 126 cm³/mol. The first-order valence-electron chi connectivity index (χ1n) is 11.0. The van der Waals surface area contributed by atoms with Gasteiger partial charge in [-0.25, -0.2) is 0 Å². The van der Waals surface area contributed by atoms with E-state index in [-0.39, 0.29) is 11.7 Å². The summed E-state index contributed by atoms with van der Waals surface area (Å²) >= 11 is 0. The van der Waals surface area contributed by atoms with Gasteiger partial charge in [0.15, 0.2) is 5.78 Å². The van der Waals surface area contributed by atoms with Crippen LogP contribution in [-0.2, 0) is 11.2 Å². The zero-order chi connectivity index (χ0) is 22.2. The fourth-order valence-electron chi connectivity index (χ4n) is 3.54. The van der Waals surface area contributed by atoms with Crippen LogP contribution in [0.5, 0.6) is 0 Å². The zero-order valence-corrected chi connectivity index (χ0v) is 18.6. The lowest BCUT2D eigenvalue weighted by molar-refractivity contribution is -0.118. The maximum Gasteiger partial charge on any atom is 0.226 e. The number of nitrogens with zero attached hydrogens (tertiary/aromatic N) is 2. The molecule has 0 N–H and O–H groups in total. The summed E-state index contributed by atoms with van der Waals surface area (Å²) in [6.07, 6.45) is 4.42. The minimum absolute atomic E-state index is 0.135. The van der Waals surface area contributed by atoms with Crippen LogP contribution >= 0.6 is 0 Å². The van der Waals surface area contributed by atoms with Gasteiger partial charge in [0, 0.05) is 42.5 Å². The number of ketones is 1. The smallest absolute Gasteiger partial charge is 0.226 e. The Bertz CT molecular complexity index is 1010. The number of benzene rings is 2. The van der Waals surface area contributed by atoms with E-state index in [2.05, 4.69) is 11.9 Å². The molecule has 0 aliphatic rings. The minimum atomic E-state index is 0.135. The Kier molecular flexibility index (Phi) is 7.71. The van der Waals surface area contributed by atoms with Crippen molar-refractivity contribution in [1.29, 1.82) is 0 Å². The van der Waals surface area contributed by atoms with Crippen molar-refractivity contribution in [3.05, 3.63) is 83.7 Å². The molecule has 160 valence electrons. The quantitative estimate of drug-likeness (QED) is 0.402. The second kappa shape index (κ2) is 10.7. The number of amides is 1. The highest BCUT2D eigenvalue weighted by Gasteiger charge is 2.13. The summed E-state index contributed by atoms with van der Waals surface area (Å²) in [6, 6.07) is 19.8. The highest BCUT2D eigenvalue weighted by atomic mass is 16.2. The lowest BCUT2D eigenvalue weighted by Gasteiger charge is -2.22. The molecule has 0 fully saturated rings. The van der Waals surface area contributed by atoms with E-state index in [1.165, 1.54) is 0 Å². The first kappa shape index (κ1) is 22.4. The van der Waals surface area contributed by atoms with Crippen molar-refractivity contribution < 1.29 is 9.59 Å². The van der Waals surface area contributed by atoms with Gasteiger partial charge in [-0.2, -0.15) is 0 Å². The molecule has 0 unspecified atom stereocenters. The van der Waals surface area contributed by atoms with Crippen molar-refractivity contribution in [3.8, 4) is 11.1 Å². The van der Waals surface area contributed by atoms with Gasteiger partial charge in [-0.15, -0.1) is 0 Å². The lowest BCUT2D eigenvalue weighted by Crippen LogP contribution is -2.30. The Morgan fingerprint density at radius 2 is 1.52 bits per heavy atom. The molecule has 1 heterocycles. The maximum absolute atomic E-state index is 12.5. The average molecular weight is 415 g/mol. The maximum atomic E-state index is 12.5. The third-order valence-corrected chi connectivity index (χ3v) is 5.38. The summed E-state index contributed by atoms with van der Waals surface area (Å²) < 4.78 is 0. The molecule has 3 aromatic rings. The third-order valence-electron chi connectivity index (χ3n) is 5.38. The molecule has 1 amide bonds. The topological polar surface area (TPSA) is 50.3 Å². The van der Waals surface area contributed by atoms with E-state index in [1.54, 1.807) is 0 Å². The number of hydrogen-bond acceptors (Lipinski definition) is 3. The van der Waals surface area contributed by atoms with Crippen LogP contribution in [0.4, 0.5) is 5.69 Å². The zero-order valence-electron chi connectivity index (χ0n) is 18.6. The number of Topliss-reactive ketones (excluding diaryl/α,β-unsaturated/α-hetero) is 1. The number of carbonyl (C=O) groups excluding carboxylic acids is 2. The average Bonchev–Trinajstić information content (AvgIpc) is 2.82. The first-order valence-corrected chi connectivity index (χ1v) is 11.0. The molecule has 0 bridgehead atoms. The Hall–Kier alpha value is -3.27. The molecule has 0 spiro atoms. The van der Waals surface area contributed by atoms with E-state index in [1.807, 2.05) is 85.6 Å². The van der Waals surface area contributed by atoms with Gasteiger partial charge in [-0.1, -0.05) is 56.3 Å². The van der Waals surface area contributed by atoms with Crippen LogP contribution < -0.4 is 4.90 Å². The highest BCUT2D eigenvalue weighted by molar-refractivity contribution is 5.96. The molecule has 0 radical (unpaired) electrons. The lowest BCUT2D eigenvalue weighted by atomic mass is 9.99. The summed E-state index contributed by atoms with van der Waals surface area (Å²) in [5.41, 5.74) is 5.82. The van der Waals surface area contributed by atoms with Crippen molar-refractivity contribution in [2.75, 3.05) is 11.4 Å². The Morgan fingerprint density at radius 1 is 0.871 bits per heavy atom. The Labute approximate surface area is 184 Å². The molecular weight excluding hydrogens is 384 g/mol. The summed E-state index contributed by atoms with van der Waals surface area (Å²) in [5.74, 6) is 0.273. The molecule has 1 aromatic heterocycles. The fourth-order valence-corrected chi connectivity index (χ4v) is 3.54. The van der Waals surface area contributed by atoms with Crippen molar-refractivity contribution in [2.45, 2.75) is 46.5 Å². The standard InChI is InChI=1S/C27H30N2O2/c1-4-18-29(27(31)5-2)25-15-13-23(14-16-25)22-9-11-24(12-10-22)26(30)17-8-21-7-6-20(3)28-19-21/h6-7,9-16,19H,4-5,8,17-18H2,1-3H3. The van der Waals surface area contributed by atoms with Crippen molar-refractivity contribution in [2.24, 2.45) is 0 Å². The van der Waals surface area contributed by atoms with Crippen LogP contribution in [0.25, 0.3) is 11.1 Å². The Morgan fingerprint density at radius 3 is 2.06 bits per heavy atom. The molecule has 2 aromatic carbocycles. The predicted octanol–water partition coefficient (Wildman–Crippen LogP) is 6.03. The molecule has 0 saturated heterocycles. The second-order valence-electron chi connectivity index (χ2n) is 7.75. The summed E-state index contributed by atoms with van der Waals surface area (Å²) in [4.78, 5) is 30.9. The number of anilines is 1. The molecule has 31 heavy (non-hydrogen) atoms. The van der Waals surface area contributed by atoms with Crippen LogP contribution in [0.15, 0.2) is 66.9 Å². The van der Waals surface area contributed by atoms with Gasteiger partial charge in [-0.3, -0.25) is 14.6 Å². The minimum Gasteiger partial charge on any atom is -0.312 e. The van der Waals surface area contributed by atoms with Gasteiger partial charge in [-0.05, 0) is 54.7 Å². The van der Waals surface area contributed by atoms with E-state index in [9.17, 15) is 9.59 Å². The van der Waals surface area contributed by atoms with E-state index < -0.39 is 0 Å². The molecule has 3 rings (SSSR count). The molecule has 0 saturated carbocycles. The van der Waals surface area contributed by atoms with Gasteiger partial charge in [0.1, 0.15) is 0 Å². The number of rotatable bonds is 9. The van der Waals surface area contributed by atoms with Crippen molar-refractivity contribution >= 4 is 17.4 Å². The summed E-state index contributed by atoms with van der Waals surface area (Å²) in [7, 11) is 0. The number of hydrogen-bond donors (Lipinski definition) is 0. The molecule has 0 aliphatic carbocycles. The molecular formula is C27H30N2O2. The number of carbonyl (C=O) groups is 2. The van der Waals surface area contributed by atoms with Crippen molar-refractivity contribution in [1.82, 2.24) is 4.98 Å². The third kappa shape index (κ3) is 5.88. The van der Waals surface area contributed by atoms with E-state index in [0.29, 0.717) is 19.3 Å². The number of aryl methyl sites for hydroxylation is 2. The van der Waals surface area contributed by atoms with Gasteiger partial charge in [0.25, 0.3) is 0 Å².